The van der Waals surface area contributed by atoms with Crippen LogP contribution in [0.1, 0.15) is 49.4 Å². The van der Waals surface area contributed by atoms with Gasteiger partial charge in [-0.05, 0) is 37.8 Å². The monoisotopic (exact) mass is 269 g/mol. The van der Waals surface area contributed by atoms with E-state index in [0.29, 0.717) is 5.92 Å². The summed E-state index contributed by atoms with van der Waals surface area (Å²) in [6.45, 7) is 7.70. The van der Waals surface area contributed by atoms with Crippen LogP contribution in [0.2, 0.25) is 0 Å². The number of aryl methyl sites for hydroxylation is 1. The van der Waals surface area contributed by atoms with Crippen molar-refractivity contribution < 1.29 is 0 Å². The van der Waals surface area contributed by atoms with E-state index in [9.17, 15) is 0 Å². The molecule has 3 heteroatoms. The van der Waals surface area contributed by atoms with Crippen LogP contribution in [0.25, 0.3) is 5.69 Å². The highest BCUT2D eigenvalue weighted by Crippen LogP contribution is 2.35. The molecule has 106 valence electrons. The molecule has 0 saturated carbocycles. The van der Waals surface area contributed by atoms with Crippen LogP contribution in [-0.4, -0.2) is 16.3 Å². The number of rotatable bonds is 4. The summed E-state index contributed by atoms with van der Waals surface area (Å²) in [5, 5.41) is 8.48. The molecule has 0 bridgehead atoms. The minimum Gasteiger partial charge on any atom is -0.369 e. The van der Waals surface area contributed by atoms with Crippen molar-refractivity contribution in [3.05, 3.63) is 41.1 Å². The predicted octanol–water partition coefficient (Wildman–Crippen LogP) is 4.05. The summed E-state index contributed by atoms with van der Waals surface area (Å²) in [7, 11) is 0. The molecule has 1 N–H and O–H groups in total. The van der Waals surface area contributed by atoms with Crippen LogP contribution in [0.4, 0.5) is 5.82 Å². The summed E-state index contributed by atoms with van der Waals surface area (Å²) in [5.74, 6) is 1.79. The fourth-order valence-corrected chi connectivity index (χ4v) is 3.18. The lowest BCUT2D eigenvalue weighted by Crippen LogP contribution is -2.07. The lowest BCUT2D eigenvalue weighted by Gasteiger charge is -2.11. The molecular weight excluding hydrogens is 246 g/mol. The third kappa shape index (κ3) is 2.01. The van der Waals surface area contributed by atoms with E-state index < -0.39 is 0 Å². The van der Waals surface area contributed by atoms with Gasteiger partial charge in [-0.15, -0.1) is 0 Å². The molecule has 1 aliphatic rings. The fraction of sp³-hybridized carbons (Fsp3) is 0.471. The van der Waals surface area contributed by atoms with Crippen molar-refractivity contribution in [2.75, 3.05) is 11.9 Å². The van der Waals surface area contributed by atoms with Crippen LogP contribution in [0, 0.1) is 6.92 Å². The van der Waals surface area contributed by atoms with Crippen molar-refractivity contribution in [3.8, 4) is 5.69 Å². The number of hydrogen-bond donors (Lipinski definition) is 1. The zero-order valence-corrected chi connectivity index (χ0v) is 12.6. The Hall–Kier alpha value is -1.77. The van der Waals surface area contributed by atoms with Crippen LogP contribution in [0.3, 0.4) is 0 Å². The number of anilines is 1. The number of nitrogens with one attached hydrogen (secondary N) is 1. The van der Waals surface area contributed by atoms with Gasteiger partial charge >= 0.3 is 0 Å². The van der Waals surface area contributed by atoms with Gasteiger partial charge < -0.3 is 5.32 Å². The largest absolute Gasteiger partial charge is 0.369 e. The molecular formula is C17H23N3. The fourth-order valence-electron chi connectivity index (χ4n) is 3.18. The molecule has 0 atom stereocenters. The number of para-hydroxylation sites is 1. The summed E-state index contributed by atoms with van der Waals surface area (Å²) in [6, 6.07) is 8.47. The second-order valence-corrected chi connectivity index (χ2v) is 5.60. The van der Waals surface area contributed by atoms with Gasteiger partial charge in [-0.3, -0.25) is 0 Å². The summed E-state index contributed by atoms with van der Waals surface area (Å²) in [4.78, 5) is 0. The molecule has 0 amide bonds. The maximum absolute atomic E-state index is 4.96. The molecule has 3 rings (SSSR count). The maximum Gasteiger partial charge on any atom is 0.133 e. The van der Waals surface area contributed by atoms with Crippen LogP contribution >= 0.6 is 0 Å². The van der Waals surface area contributed by atoms with Gasteiger partial charge in [0.15, 0.2) is 0 Å². The van der Waals surface area contributed by atoms with Gasteiger partial charge in [0.25, 0.3) is 0 Å². The van der Waals surface area contributed by atoms with E-state index >= 15 is 0 Å². The third-order valence-corrected chi connectivity index (χ3v) is 4.40. The molecule has 1 aliphatic heterocycles. The highest BCUT2D eigenvalue weighted by molar-refractivity contribution is 5.58. The number of hydrogen-bond acceptors (Lipinski definition) is 2. The first kappa shape index (κ1) is 13.2. The van der Waals surface area contributed by atoms with Crippen LogP contribution in [-0.2, 0) is 6.42 Å². The van der Waals surface area contributed by atoms with Crippen LogP contribution in [0.5, 0.6) is 0 Å². The highest BCUT2D eigenvalue weighted by Gasteiger charge is 2.26. The SMILES string of the molecule is CCC(CC)c1nn(-c2ccccc2C)c2c1CCN2. The van der Waals surface area contributed by atoms with E-state index in [1.54, 1.807) is 0 Å². The normalized spacial score (nSPS) is 13.6. The van der Waals surface area contributed by atoms with Crippen LogP contribution < -0.4 is 5.32 Å². The summed E-state index contributed by atoms with van der Waals surface area (Å²) in [6.07, 6.45) is 3.43. The number of aromatic nitrogens is 2. The molecule has 20 heavy (non-hydrogen) atoms. The quantitative estimate of drug-likeness (QED) is 0.907. The Morgan fingerprint density at radius 1 is 1.25 bits per heavy atom. The predicted molar refractivity (Wildman–Crippen MR) is 83.8 cm³/mol. The first-order valence-corrected chi connectivity index (χ1v) is 7.67. The number of fused-ring (bicyclic) bond motifs is 1. The highest BCUT2D eigenvalue weighted by atomic mass is 15.3. The van der Waals surface area contributed by atoms with Gasteiger partial charge in [0.05, 0.1) is 11.4 Å². The molecule has 0 fully saturated rings. The molecule has 2 heterocycles. The Bertz CT molecular complexity index is 609. The molecule has 0 spiro atoms. The lowest BCUT2D eigenvalue weighted by molar-refractivity contribution is 0.607. The first-order valence-electron chi connectivity index (χ1n) is 7.67. The summed E-state index contributed by atoms with van der Waals surface area (Å²) < 4.78 is 2.12. The Labute approximate surface area is 121 Å². The topological polar surface area (TPSA) is 29.9 Å². The Morgan fingerprint density at radius 2 is 2.00 bits per heavy atom. The summed E-state index contributed by atoms with van der Waals surface area (Å²) in [5.41, 5.74) is 5.19. The first-order chi connectivity index (χ1) is 9.76. The average molecular weight is 269 g/mol. The van der Waals surface area contributed by atoms with E-state index in [2.05, 4.69) is 55.0 Å². The molecule has 0 unspecified atom stereocenters. The lowest BCUT2D eigenvalue weighted by atomic mass is 9.96. The van der Waals surface area contributed by atoms with E-state index in [-0.39, 0.29) is 0 Å². The van der Waals surface area contributed by atoms with Crippen molar-refractivity contribution in [1.82, 2.24) is 9.78 Å². The minimum atomic E-state index is 0.578. The zero-order valence-electron chi connectivity index (χ0n) is 12.6. The Balaban J connectivity index is 2.14. The average Bonchev–Trinajstić information content (AvgIpc) is 3.04. The zero-order chi connectivity index (χ0) is 14.1. The molecule has 0 saturated heterocycles. The van der Waals surface area contributed by atoms with Gasteiger partial charge in [-0.2, -0.15) is 5.10 Å². The molecule has 1 aromatic carbocycles. The summed E-state index contributed by atoms with van der Waals surface area (Å²) >= 11 is 0. The molecule has 0 radical (unpaired) electrons. The van der Waals surface area contributed by atoms with E-state index in [0.717, 1.165) is 25.8 Å². The molecule has 3 nitrogen and oxygen atoms in total. The smallest absolute Gasteiger partial charge is 0.133 e. The molecule has 0 aliphatic carbocycles. The second kappa shape index (κ2) is 5.31. The maximum atomic E-state index is 4.96. The van der Waals surface area contributed by atoms with Gasteiger partial charge in [0.2, 0.25) is 0 Å². The number of nitrogens with zero attached hydrogens (tertiary/aromatic N) is 2. The Kier molecular flexibility index (Phi) is 3.51. The van der Waals surface area contributed by atoms with E-state index in [1.165, 1.54) is 28.3 Å². The van der Waals surface area contributed by atoms with Crippen molar-refractivity contribution in [2.24, 2.45) is 0 Å². The van der Waals surface area contributed by atoms with Crippen LogP contribution in [0.15, 0.2) is 24.3 Å². The number of benzene rings is 1. The van der Waals surface area contributed by atoms with Crippen molar-refractivity contribution in [1.29, 1.82) is 0 Å². The third-order valence-electron chi connectivity index (χ3n) is 4.40. The van der Waals surface area contributed by atoms with Crippen molar-refractivity contribution >= 4 is 5.82 Å². The van der Waals surface area contributed by atoms with E-state index in [1.807, 2.05) is 0 Å². The van der Waals surface area contributed by atoms with Gasteiger partial charge in [-0.25, -0.2) is 4.68 Å². The minimum absolute atomic E-state index is 0.578. The van der Waals surface area contributed by atoms with Gasteiger partial charge in [0, 0.05) is 18.0 Å². The molecule has 2 aromatic rings. The standard InChI is InChI=1S/C17H23N3/c1-4-13(5-2)16-14-10-11-18-17(14)20(19-16)15-9-7-6-8-12(15)3/h6-9,13,18H,4-5,10-11H2,1-3H3. The van der Waals surface area contributed by atoms with Gasteiger partial charge in [0.1, 0.15) is 5.82 Å². The second-order valence-electron chi connectivity index (χ2n) is 5.60. The van der Waals surface area contributed by atoms with Crippen molar-refractivity contribution in [2.45, 2.75) is 46.0 Å². The Morgan fingerprint density at radius 3 is 2.70 bits per heavy atom. The van der Waals surface area contributed by atoms with Gasteiger partial charge in [-0.1, -0.05) is 32.0 Å². The van der Waals surface area contributed by atoms with E-state index in [4.69, 9.17) is 5.10 Å². The molecule has 1 aromatic heterocycles. The van der Waals surface area contributed by atoms with Crippen molar-refractivity contribution in [3.63, 3.8) is 0 Å².